The van der Waals surface area contributed by atoms with Gasteiger partial charge in [0, 0.05) is 13.0 Å². The molecule has 1 unspecified atom stereocenters. The van der Waals surface area contributed by atoms with Crippen molar-refractivity contribution in [3.05, 3.63) is 0 Å². The van der Waals surface area contributed by atoms with E-state index in [4.69, 9.17) is 4.74 Å². The number of amides is 1. The summed E-state index contributed by atoms with van der Waals surface area (Å²) in [4.78, 5) is 36.0. The molecular formula is C13H21NO4. The highest BCUT2D eigenvalue weighted by atomic mass is 16.5. The van der Waals surface area contributed by atoms with Crippen LogP contribution in [-0.2, 0) is 19.1 Å². The number of rotatable bonds is 6. The van der Waals surface area contributed by atoms with E-state index in [1.165, 1.54) is 0 Å². The maximum absolute atomic E-state index is 11.7. The molecule has 0 N–H and O–H groups in total. The molecule has 1 aliphatic heterocycles. The number of ether oxygens (including phenoxy) is 1. The predicted molar refractivity (Wildman–Crippen MR) is 65.8 cm³/mol. The molecule has 0 aromatic rings. The number of hydrogen-bond acceptors (Lipinski definition) is 4. The minimum absolute atomic E-state index is 0.00547. The van der Waals surface area contributed by atoms with Crippen LogP contribution in [0.2, 0.25) is 0 Å². The van der Waals surface area contributed by atoms with E-state index in [9.17, 15) is 14.4 Å². The normalized spacial score (nSPS) is 19.4. The lowest BCUT2D eigenvalue weighted by Gasteiger charge is -2.17. The number of nitrogens with zero attached hydrogens (tertiary/aromatic N) is 1. The lowest BCUT2D eigenvalue weighted by Crippen LogP contribution is -2.32. The van der Waals surface area contributed by atoms with E-state index in [2.05, 4.69) is 13.8 Å². The van der Waals surface area contributed by atoms with Gasteiger partial charge in [-0.05, 0) is 18.8 Å². The van der Waals surface area contributed by atoms with Gasteiger partial charge in [-0.2, -0.15) is 0 Å². The maximum Gasteiger partial charge on any atom is 0.313 e. The zero-order valence-electron chi connectivity index (χ0n) is 11.3. The van der Waals surface area contributed by atoms with Crippen LogP contribution in [0.25, 0.3) is 0 Å². The fourth-order valence-electron chi connectivity index (χ4n) is 2.04. The predicted octanol–water partition coefficient (Wildman–Crippen LogP) is 1.01. The molecule has 1 fully saturated rings. The number of hydrogen-bond donors (Lipinski definition) is 0. The molecule has 0 spiro atoms. The van der Waals surface area contributed by atoms with E-state index in [1.54, 1.807) is 11.8 Å². The Hall–Kier alpha value is -1.39. The molecule has 0 aliphatic carbocycles. The van der Waals surface area contributed by atoms with Crippen molar-refractivity contribution in [2.45, 2.75) is 33.6 Å². The fraction of sp³-hybridized carbons (Fsp3) is 0.769. The first-order valence-corrected chi connectivity index (χ1v) is 6.39. The summed E-state index contributed by atoms with van der Waals surface area (Å²) in [6.45, 7) is 6.75. The Morgan fingerprint density at radius 3 is 2.61 bits per heavy atom. The number of Topliss-reactive ketones (excluding diaryl/α,β-unsaturated/α-hetero) is 1. The average molecular weight is 255 g/mol. The second-order valence-electron chi connectivity index (χ2n) is 5.00. The zero-order valence-corrected chi connectivity index (χ0v) is 11.3. The Kier molecular flexibility index (Phi) is 5.31. The first-order chi connectivity index (χ1) is 8.43. The number of carbonyl (C=O) groups is 3. The van der Waals surface area contributed by atoms with Crippen LogP contribution in [0.15, 0.2) is 0 Å². The SMILES string of the molecule is CCOC(=O)CC(=O)CN1CC(C(C)C)CC1=O. The maximum atomic E-state index is 11.7. The highest BCUT2D eigenvalue weighted by Gasteiger charge is 2.32. The quantitative estimate of drug-likeness (QED) is 0.525. The standard InChI is InChI=1S/C13H21NO4/c1-4-18-13(17)6-11(15)8-14-7-10(9(2)3)5-12(14)16/h9-10H,4-8H2,1-3H3. The molecule has 102 valence electrons. The molecule has 1 saturated heterocycles. The second kappa shape index (κ2) is 6.52. The van der Waals surface area contributed by atoms with E-state index >= 15 is 0 Å². The summed E-state index contributed by atoms with van der Waals surface area (Å²) < 4.78 is 4.70. The van der Waals surface area contributed by atoms with Crippen LogP contribution < -0.4 is 0 Å². The third-order valence-electron chi connectivity index (χ3n) is 3.20. The number of likely N-dealkylation sites (tertiary alicyclic amines) is 1. The molecule has 1 atom stereocenters. The molecule has 0 radical (unpaired) electrons. The lowest BCUT2D eigenvalue weighted by molar-refractivity contribution is -0.146. The number of esters is 1. The van der Waals surface area contributed by atoms with Crippen LogP contribution in [0, 0.1) is 11.8 Å². The fourth-order valence-corrected chi connectivity index (χ4v) is 2.04. The first-order valence-electron chi connectivity index (χ1n) is 6.39. The van der Waals surface area contributed by atoms with E-state index in [1.807, 2.05) is 0 Å². The zero-order chi connectivity index (χ0) is 13.7. The van der Waals surface area contributed by atoms with Crippen LogP contribution in [0.3, 0.4) is 0 Å². The van der Waals surface area contributed by atoms with Gasteiger partial charge in [-0.25, -0.2) is 0 Å². The number of carbonyl (C=O) groups excluding carboxylic acids is 3. The highest BCUT2D eigenvalue weighted by molar-refractivity contribution is 5.98. The molecule has 1 aliphatic rings. The van der Waals surface area contributed by atoms with Gasteiger partial charge in [0.25, 0.3) is 0 Å². The van der Waals surface area contributed by atoms with Crippen molar-refractivity contribution in [3.8, 4) is 0 Å². The van der Waals surface area contributed by atoms with Crippen LogP contribution in [0.1, 0.15) is 33.6 Å². The first kappa shape index (κ1) is 14.7. The van der Waals surface area contributed by atoms with Crippen molar-refractivity contribution in [2.75, 3.05) is 19.7 Å². The van der Waals surface area contributed by atoms with Gasteiger partial charge in [0.2, 0.25) is 5.91 Å². The van der Waals surface area contributed by atoms with Crippen LogP contribution >= 0.6 is 0 Å². The van der Waals surface area contributed by atoms with Crippen molar-refractivity contribution in [1.82, 2.24) is 4.90 Å². The van der Waals surface area contributed by atoms with Crippen molar-refractivity contribution < 1.29 is 19.1 Å². The van der Waals surface area contributed by atoms with Gasteiger partial charge in [-0.15, -0.1) is 0 Å². The molecule has 5 heteroatoms. The summed E-state index contributed by atoms with van der Waals surface area (Å²) in [5.41, 5.74) is 0. The molecule has 0 aromatic carbocycles. The summed E-state index contributed by atoms with van der Waals surface area (Å²) in [5.74, 6) is -0.0290. The molecule has 0 saturated carbocycles. The average Bonchev–Trinajstić information content (AvgIpc) is 2.60. The molecule has 5 nitrogen and oxygen atoms in total. The summed E-state index contributed by atoms with van der Waals surface area (Å²) >= 11 is 0. The molecule has 1 heterocycles. The van der Waals surface area contributed by atoms with Crippen LogP contribution in [0.5, 0.6) is 0 Å². The van der Waals surface area contributed by atoms with Gasteiger partial charge in [-0.3, -0.25) is 14.4 Å². The van der Waals surface area contributed by atoms with Gasteiger partial charge in [0.1, 0.15) is 6.42 Å². The van der Waals surface area contributed by atoms with E-state index in [0.717, 1.165) is 0 Å². The van der Waals surface area contributed by atoms with E-state index in [0.29, 0.717) is 24.8 Å². The van der Waals surface area contributed by atoms with Crippen molar-refractivity contribution in [2.24, 2.45) is 11.8 Å². The third-order valence-corrected chi connectivity index (χ3v) is 3.20. The Morgan fingerprint density at radius 2 is 2.11 bits per heavy atom. The third kappa shape index (κ3) is 4.13. The van der Waals surface area contributed by atoms with E-state index < -0.39 is 5.97 Å². The van der Waals surface area contributed by atoms with Crippen LogP contribution in [-0.4, -0.2) is 42.3 Å². The molecular weight excluding hydrogens is 234 g/mol. The van der Waals surface area contributed by atoms with Gasteiger partial charge in [-0.1, -0.05) is 13.8 Å². The van der Waals surface area contributed by atoms with E-state index in [-0.39, 0.29) is 31.3 Å². The number of ketones is 1. The molecule has 1 amide bonds. The molecule has 0 bridgehead atoms. The smallest absolute Gasteiger partial charge is 0.313 e. The molecule has 1 rings (SSSR count). The highest BCUT2D eigenvalue weighted by Crippen LogP contribution is 2.24. The molecule has 0 aromatic heterocycles. The van der Waals surface area contributed by atoms with Gasteiger partial charge < -0.3 is 9.64 Å². The van der Waals surface area contributed by atoms with Gasteiger partial charge >= 0.3 is 5.97 Å². The second-order valence-corrected chi connectivity index (χ2v) is 5.00. The van der Waals surface area contributed by atoms with Gasteiger partial charge in [0.05, 0.1) is 13.2 Å². The summed E-state index contributed by atoms with van der Waals surface area (Å²) in [6.07, 6.45) is 0.258. The molecule has 18 heavy (non-hydrogen) atoms. The topological polar surface area (TPSA) is 63.7 Å². The Balaban J connectivity index is 2.41. The lowest BCUT2D eigenvalue weighted by atomic mass is 9.95. The van der Waals surface area contributed by atoms with Crippen LogP contribution in [0.4, 0.5) is 0 Å². The monoisotopic (exact) mass is 255 g/mol. The minimum Gasteiger partial charge on any atom is -0.466 e. The minimum atomic E-state index is -0.519. The Labute approximate surface area is 107 Å². The summed E-state index contributed by atoms with van der Waals surface area (Å²) in [7, 11) is 0. The Bertz CT molecular complexity index is 338. The van der Waals surface area contributed by atoms with Gasteiger partial charge in [0.15, 0.2) is 5.78 Å². The summed E-state index contributed by atoms with van der Waals surface area (Å²) in [6, 6.07) is 0. The van der Waals surface area contributed by atoms with Crippen molar-refractivity contribution in [3.63, 3.8) is 0 Å². The van der Waals surface area contributed by atoms with Crippen molar-refractivity contribution in [1.29, 1.82) is 0 Å². The van der Waals surface area contributed by atoms with Crippen molar-refractivity contribution >= 4 is 17.7 Å². The largest absolute Gasteiger partial charge is 0.466 e. The summed E-state index contributed by atoms with van der Waals surface area (Å²) in [5, 5.41) is 0. The Morgan fingerprint density at radius 1 is 1.44 bits per heavy atom.